The molecule has 4 aromatic heterocycles. The van der Waals surface area contributed by atoms with Crippen molar-refractivity contribution >= 4 is 64.3 Å². The van der Waals surface area contributed by atoms with Crippen LogP contribution in [0.3, 0.4) is 0 Å². The van der Waals surface area contributed by atoms with Gasteiger partial charge >= 0.3 is 0 Å². The maximum Gasteiger partial charge on any atom is 0.163 e. The fourth-order valence-electron chi connectivity index (χ4n) is 7.78. The van der Waals surface area contributed by atoms with Gasteiger partial charge in [0.2, 0.25) is 0 Å². The molecule has 4 heterocycles. The van der Waals surface area contributed by atoms with Crippen LogP contribution in [-0.4, -0.2) is 19.5 Å². The van der Waals surface area contributed by atoms with E-state index in [0.29, 0.717) is 11.6 Å². The molecule has 0 saturated carbocycles. The number of benzene rings is 7. The van der Waals surface area contributed by atoms with Gasteiger partial charge in [0.1, 0.15) is 11.9 Å². The Bertz CT molecular complexity index is 3180. The quantitative estimate of drug-likeness (QED) is 0.180. The lowest BCUT2D eigenvalue weighted by atomic mass is 9.99. The molecule has 0 bridgehead atoms. The molecule has 11 aromatic rings. The van der Waals surface area contributed by atoms with Gasteiger partial charge in [0.15, 0.2) is 11.6 Å². The number of nitrogens with zero attached hydrogens (tertiary/aromatic N) is 4. The third-order valence-corrected chi connectivity index (χ3v) is 11.4. The van der Waals surface area contributed by atoms with Crippen molar-refractivity contribution in [3.05, 3.63) is 170 Å². The fourth-order valence-corrected chi connectivity index (χ4v) is 9.02. The highest BCUT2D eigenvalue weighted by atomic mass is 32.1. The Kier molecular flexibility index (Phi) is 6.66. The van der Waals surface area contributed by atoms with E-state index in [-0.39, 0.29) is 0 Å². The summed E-state index contributed by atoms with van der Waals surface area (Å²) in [5.74, 6) is 1.31. The van der Waals surface area contributed by atoms with E-state index in [9.17, 15) is 0 Å². The third-order valence-electron chi connectivity index (χ3n) is 10.2. The van der Waals surface area contributed by atoms with Crippen molar-refractivity contribution < 1.29 is 4.42 Å². The number of fused-ring (bicyclic) bond motifs is 8. The number of rotatable bonds is 5. The second-order valence-corrected chi connectivity index (χ2v) is 14.3. The second kappa shape index (κ2) is 11.8. The summed E-state index contributed by atoms with van der Waals surface area (Å²) in [6.07, 6.45) is 3.36. The Hall–Kier alpha value is -6.89. The van der Waals surface area contributed by atoms with Crippen LogP contribution in [0, 0.1) is 0 Å². The van der Waals surface area contributed by atoms with E-state index in [1.165, 1.54) is 47.6 Å². The first-order valence-electron chi connectivity index (χ1n) is 17.6. The minimum atomic E-state index is 0.650. The Balaban J connectivity index is 1.09. The monoisotopic (exact) mass is 696 g/mol. The first-order chi connectivity index (χ1) is 26.3. The molecule has 0 atom stereocenters. The summed E-state index contributed by atoms with van der Waals surface area (Å²) >= 11 is 1.87. The molecule has 6 heteroatoms. The van der Waals surface area contributed by atoms with E-state index in [2.05, 4.69) is 136 Å². The Morgan fingerprint density at radius 2 is 1.23 bits per heavy atom. The number of aromatic nitrogens is 4. The highest BCUT2D eigenvalue weighted by Gasteiger charge is 2.19. The molecule has 0 saturated heterocycles. The zero-order valence-corrected chi connectivity index (χ0v) is 29.1. The molecule has 0 amide bonds. The summed E-state index contributed by atoms with van der Waals surface area (Å²) in [6.45, 7) is 0. The zero-order chi connectivity index (χ0) is 34.9. The Labute approximate surface area is 308 Å². The van der Waals surface area contributed by atoms with Gasteiger partial charge in [0.25, 0.3) is 0 Å². The number of hydrogen-bond acceptors (Lipinski definition) is 5. The maximum atomic E-state index is 5.72. The smallest absolute Gasteiger partial charge is 0.163 e. The largest absolute Gasteiger partial charge is 0.464 e. The van der Waals surface area contributed by atoms with Crippen molar-refractivity contribution in [3.63, 3.8) is 0 Å². The van der Waals surface area contributed by atoms with Gasteiger partial charge in [-0.2, -0.15) is 0 Å². The number of thiophene rings is 1. The molecule has 7 aromatic carbocycles. The zero-order valence-electron chi connectivity index (χ0n) is 28.3. The van der Waals surface area contributed by atoms with Crippen LogP contribution in [-0.2, 0) is 0 Å². The van der Waals surface area contributed by atoms with Crippen LogP contribution in [0.2, 0.25) is 0 Å². The molecule has 11 rings (SSSR count). The summed E-state index contributed by atoms with van der Waals surface area (Å²) < 4.78 is 10.7. The van der Waals surface area contributed by atoms with Gasteiger partial charge in [-0.1, -0.05) is 103 Å². The lowest BCUT2D eigenvalue weighted by molar-refractivity contribution is 0.616. The molecule has 0 aliphatic heterocycles. The first-order valence-corrected chi connectivity index (χ1v) is 18.4. The molecule has 0 aliphatic rings. The van der Waals surface area contributed by atoms with E-state index in [1.54, 1.807) is 12.6 Å². The standard InChI is InChI=1S/C47H28N4OS/c1-3-9-29(10-4-1)46-48-28-49-47(50-46)33-12-7-11-30(25-33)31-17-19-38-41(27-31)51(34-13-5-2-6-14-34)40-21-20-37-39-26-32(18-22-43(39)53-45(37)44(38)40)35-15-8-16-42-36(35)23-24-52-42/h1-28H. The summed E-state index contributed by atoms with van der Waals surface area (Å²) in [5.41, 5.74) is 10.9. The van der Waals surface area contributed by atoms with Crippen LogP contribution < -0.4 is 0 Å². The highest BCUT2D eigenvalue weighted by Crippen LogP contribution is 2.45. The normalized spacial score (nSPS) is 11.8. The fraction of sp³-hybridized carbons (Fsp3) is 0. The molecular weight excluding hydrogens is 669 g/mol. The van der Waals surface area contributed by atoms with Gasteiger partial charge < -0.3 is 8.98 Å². The molecule has 0 fully saturated rings. The molecule has 0 radical (unpaired) electrons. The van der Waals surface area contributed by atoms with Crippen molar-refractivity contribution in [2.45, 2.75) is 0 Å². The van der Waals surface area contributed by atoms with Gasteiger partial charge in [0, 0.05) is 53.1 Å². The van der Waals surface area contributed by atoms with Gasteiger partial charge in [-0.25, -0.2) is 15.0 Å². The van der Waals surface area contributed by atoms with Crippen molar-refractivity contribution in [2.75, 3.05) is 0 Å². The van der Waals surface area contributed by atoms with Crippen LogP contribution in [0.5, 0.6) is 0 Å². The first kappa shape index (κ1) is 29.8. The third kappa shape index (κ3) is 4.80. The van der Waals surface area contributed by atoms with Gasteiger partial charge in [-0.3, -0.25) is 0 Å². The summed E-state index contributed by atoms with van der Waals surface area (Å²) in [7, 11) is 0. The van der Waals surface area contributed by atoms with E-state index >= 15 is 0 Å². The van der Waals surface area contributed by atoms with Crippen LogP contribution in [0.1, 0.15) is 0 Å². The van der Waals surface area contributed by atoms with Gasteiger partial charge in [0.05, 0.1) is 17.3 Å². The molecule has 248 valence electrons. The van der Waals surface area contributed by atoms with Crippen LogP contribution in [0.25, 0.3) is 104 Å². The number of furan rings is 1. The lowest BCUT2D eigenvalue weighted by Crippen LogP contribution is -1.95. The molecule has 53 heavy (non-hydrogen) atoms. The Morgan fingerprint density at radius 1 is 0.491 bits per heavy atom. The van der Waals surface area contributed by atoms with Crippen molar-refractivity contribution in [1.82, 2.24) is 19.5 Å². The minimum absolute atomic E-state index is 0.650. The average Bonchev–Trinajstić information content (AvgIpc) is 3.95. The lowest BCUT2D eigenvalue weighted by Gasteiger charge is -2.10. The average molecular weight is 697 g/mol. The maximum absolute atomic E-state index is 5.72. The van der Waals surface area contributed by atoms with Crippen molar-refractivity contribution in [2.24, 2.45) is 0 Å². The van der Waals surface area contributed by atoms with E-state index in [1.807, 2.05) is 47.7 Å². The molecule has 0 unspecified atom stereocenters. The molecular formula is C47H28N4OS. The van der Waals surface area contributed by atoms with Crippen LogP contribution in [0.4, 0.5) is 0 Å². The van der Waals surface area contributed by atoms with E-state index in [4.69, 9.17) is 9.40 Å². The SMILES string of the molecule is c1ccc(-c2ncnc(-c3cccc(-c4ccc5c6c7sc8ccc(-c9cccc%10occc9%10)cc8c7ccc6n(-c6ccccc6)c5c4)c3)n2)cc1. The summed E-state index contributed by atoms with van der Waals surface area (Å²) in [4.78, 5) is 13.8. The predicted molar refractivity (Wildman–Crippen MR) is 219 cm³/mol. The Morgan fingerprint density at radius 3 is 2.11 bits per heavy atom. The summed E-state index contributed by atoms with van der Waals surface area (Å²) in [6, 6.07) is 55.8. The number of hydrogen-bond donors (Lipinski definition) is 0. The highest BCUT2D eigenvalue weighted by molar-refractivity contribution is 7.26. The summed E-state index contributed by atoms with van der Waals surface area (Å²) in [5, 5.41) is 6.18. The minimum Gasteiger partial charge on any atom is -0.464 e. The molecule has 5 nitrogen and oxygen atoms in total. The van der Waals surface area contributed by atoms with Crippen molar-refractivity contribution in [3.8, 4) is 50.7 Å². The topological polar surface area (TPSA) is 56.7 Å². The van der Waals surface area contributed by atoms with Crippen molar-refractivity contribution in [1.29, 1.82) is 0 Å². The second-order valence-electron chi connectivity index (χ2n) is 13.3. The van der Waals surface area contributed by atoms with E-state index < -0.39 is 0 Å². The van der Waals surface area contributed by atoms with Crippen LogP contribution in [0.15, 0.2) is 175 Å². The van der Waals surface area contributed by atoms with Gasteiger partial charge in [-0.15, -0.1) is 11.3 Å². The predicted octanol–water partition coefficient (Wildman–Crippen LogP) is 12.8. The van der Waals surface area contributed by atoms with E-state index in [0.717, 1.165) is 44.4 Å². The van der Waals surface area contributed by atoms with Gasteiger partial charge in [-0.05, 0) is 76.9 Å². The number of para-hydroxylation sites is 1. The molecule has 0 spiro atoms. The molecule has 0 aliphatic carbocycles. The molecule has 0 N–H and O–H groups in total. The van der Waals surface area contributed by atoms with Crippen LogP contribution >= 0.6 is 11.3 Å².